The summed E-state index contributed by atoms with van der Waals surface area (Å²) in [6.07, 6.45) is 1.06. The van der Waals surface area contributed by atoms with E-state index in [0.29, 0.717) is 5.92 Å². The fourth-order valence-electron chi connectivity index (χ4n) is 1.53. The molecule has 1 aliphatic rings. The lowest BCUT2D eigenvalue weighted by atomic mass is 10.0. The van der Waals surface area contributed by atoms with E-state index >= 15 is 0 Å². The lowest BCUT2D eigenvalue weighted by Crippen LogP contribution is -2.45. The van der Waals surface area contributed by atoms with Crippen molar-refractivity contribution >= 4 is 5.91 Å². The van der Waals surface area contributed by atoms with Crippen LogP contribution in [0.4, 0.5) is 0 Å². The van der Waals surface area contributed by atoms with E-state index in [4.69, 9.17) is 0 Å². The Bertz CT molecular complexity index is 168. The zero-order valence-corrected chi connectivity index (χ0v) is 8.13. The summed E-state index contributed by atoms with van der Waals surface area (Å²) in [5.41, 5.74) is 0. The van der Waals surface area contributed by atoms with Gasteiger partial charge in [-0.15, -0.1) is 0 Å². The van der Waals surface area contributed by atoms with Gasteiger partial charge in [0.1, 0.15) is 0 Å². The van der Waals surface area contributed by atoms with Gasteiger partial charge in [-0.2, -0.15) is 0 Å². The Morgan fingerprint density at radius 1 is 1.58 bits per heavy atom. The zero-order chi connectivity index (χ0) is 9.14. The summed E-state index contributed by atoms with van der Waals surface area (Å²) in [6.45, 7) is 6.00. The maximum Gasteiger partial charge on any atom is 0.239 e. The molecule has 1 atom stereocenters. The molecule has 1 heterocycles. The van der Waals surface area contributed by atoms with Crippen molar-refractivity contribution in [2.75, 3.05) is 20.1 Å². The van der Waals surface area contributed by atoms with Gasteiger partial charge in [0.15, 0.2) is 0 Å². The molecule has 0 aromatic heterocycles. The van der Waals surface area contributed by atoms with Gasteiger partial charge in [0, 0.05) is 13.6 Å². The van der Waals surface area contributed by atoms with E-state index in [0.717, 1.165) is 19.5 Å². The highest BCUT2D eigenvalue weighted by Gasteiger charge is 2.26. The Hall–Kier alpha value is -0.570. The van der Waals surface area contributed by atoms with E-state index in [1.807, 2.05) is 11.9 Å². The lowest BCUT2D eigenvalue weighted by Gasteiger charge is -2.22. The molecule has 1 aliphatic heterocycles. The number of rotatable bonds is 1. The first-order chi connectivity index (χ1) is 5.63. The normalized spacial score (nSPS) is 26.2. The highest BCUT2D eigenvalue weighted by molar-refractivity contribution is 5.82. The average Bonchev–Trinajstić information content (AvgIpc) is 2.15. The fourth-order valence-corrected chi connectivity index (χ4v) is 1.53. The largest absolute Gasteiger partial charge is 0.344 e. The van der Waals surface area contributed by atoms with Crippen molar-refractivity contribution < 1.29 is 4.79 Å². The van der Waals surface area contributed by atoms with Gasteiger partial charge in [0.25, 0.3) is 0 Å². The third kappa shape index (κ3) is 1.97. The van der Waals surface area contributed by atoms with E-state index in [1.54, 1.807) is 0 Å². The van der Waals surface area contributed by atoms with Gasteiger partial charge in [-0.3, -0.25) is 4.79 Å². The quantitative estimate of drug-likeness (QED) is 0.620. The summed E-state index contributed by atoms with van der Waals surface area (Å²) in [6, 6.07) is 0.0255. The molecule has 12 heavy (non-hydrogen) atoms. The maximum absolute atomic E-state index is 11.7. The second kappa shape index (κ2) is 3.90. The molecule has 0 bridgehead atoms. The zero-order valence-electron chi connectivity index (χ0n) is 8.13. The molecule has 70 valence electrons. The molecule has 1 amide bonds. The van der Waals surface area contributed by atoms with Crippen LogP contribution in [0.1, 0.15) is 20.3 Å². The third-order valence-electron chi connectivity index (χ3n) is 2.34. The Kier molecular flexibility index (Phi) is 3.09. The van der Waals surface area contributed by atoms with Crippen LogP contribution in [0.5, 0.6) is 0 Å². The molecule has 0 aliphatic carbocycles. The molecule has 0 spiro atoms. The fraction of sp³-hybridized carbons (Fsp3) is 0.889. The van der Waals surface area contributed by atoms with Crippen molar-refractivity contribution in [2.45, 2.75) is 26.3 Å². The van der Waals surface area contributed by atoms with Crippen molar-refractivity contribution in [3.8, 4) is 0 Å². The first-order valence-corrected chi connectivity index (χ1v) is 4.61. The van der Waals surface area contributed by atoms with Crippen LogP contribution in [0.3, 0.4) is 0 Å². The van der Waals surface area contributed by atoms with Gasteiger partial charge < -0.3 is 10.2 Å². The molecular formula is C9H18N2O. The minimum Gasteiger partial charge on any atom is -0.344 e. The van der Waals surface area contributed by atoms with Crippen LogP contribution in [0, 0.1) is 5.92 Å². The first-order valence-electron chi connectivity index (χ1n) is 4.61. The molecule has 0 aromatic carbocycles. The topological polar surface area (TPSA) is 32.3 Å². The van der Waals surface area contributed by atoms with Crippen LogP contribution >= 0.6 is 0 Å². The van der Waals surface area contributed by atoms with Gasteiger partial charge in [-0.25, -0.2) is 0 Å². The van der Waals surface area contributed by atoms with Crippen LogP contribution in [0.25, 0.3) is 0 Å². The predicted octanol–water partition coefficient (Wildman–Crippen LogP) is 0.463. The van der Waals surface area contributed by atoms with Crippen molar-refractivity contribution in [2.24, 2.45) is 5.92 Å². The maximum atomic E-state index is 11.7. The number of hydrogen-bond acceptors (Lipinski definition) is 2. The molecular weight excluding hydrogens is 152 g/mol. The average molecular weight is 170 g/mol. The second-order valence-electron chi connectivity index (χ2n) is 3.79. The van der Waals surface area contributed by atoms with Gasteiger partial charge in [0.05, 0.1) is 6.04 Å². The predicted molar refractivity (Wildman–Crippen MR) is 48.9 cm³/mol. The summed E-state index contributed by atoms with van der Waals surface area (Å²) in [4.78, 5) is 13.5. The number of nitrogens with one attached hydrogen (secondary N) is 1. The second-order valence-corrected chi connectivity index (χ2v) is 3.79. The molecule has 1 fully saturated rings. The molecule has 0 saturated carbocycles. The minimum absolute atomic E-state index is 0.0255. The molecule has 1 saturated heterocycles. The minimum atomic E-state index is 0.0255. The van der Waals surface area contributed by atoms with E-state index in [1.165, 1.54) is 0 Å². The number of amides is 1. The first kappa shape index (κ1) is 9.52. The Balaban J connectivity index is 2.64. The SMILES string of the molecule is CC(C)C1NCCCN(C)C1=O. The number of carbonyl (C=O) groups is 1. The molecule has 3 nitrogen and oxygen atoms in total. The number of hydrogen-bond donors (Lipinski definition) is 1. The standard InChI is InChI=1S/C9H18N2O/c1-7(2)8-9(12)11(3)6-4-5-10-8/h7-8,10H,4-6H2,1-3H3. The number of carbonyl (C=O) groups excluding carboxylic acids is 1. The highest BCUT2D eigenvalue weighted by Crippen LogP contribution is 2.08. The van der Waals surface area contributed by atoms with Crippen molar-refractivity contribution in [1.29, 1.82) is 0 Å². The van der Waals surface area contributed by atoms with Crippen LogP contribution < -0.4 is 5.32 Å². The van der Waals surface area contributed by atoms with Crippen LogP contribution in [-0.2, 0) is 4.79 Å². The van der Waals surface area contributed by atoms with E-state index < -0.39 is 0 Å². The van der Waals surface area contributed by atoms with Crippen molar-refractivity contribution in [3.05, 3.63) is 0 Å². The van der Waals surface area contributed by atoms with Crippen LogP contribution in [0.15, 0.2) is 0 Å². The number of nitrogens with zero attached hydrogens (tertiary/aromatic N) is 1. The van der Waals surface area contributed by atoms with Crippen molar-refractivity contribution in [3.63, 3.8) is 0 Å². The molecule has 1 rings (SSSR count). The van der Waals surface area contributed by atoms with E-state index in [-0.39, 0.29) is 11.9 Å². The van der Waals surface area contributed by atoms with E-state index in [9.17, 15) is 4.79 Å². The van der Waals surface area contributed by atoms with Gasteiger partial charge >= 0.3 is 0 Å². The molecule has 1 unspecified atom stereocenters. The Labute approximate surface area is 74.1 Å². The highest BCUT2D eigenvalue weighted by atomic mass is 16.2. The summed E-state index contributed by atoms with van der Waals surface area (Å²) in [7, 11) is 1.88. The van der Waals surface area contributed by atoms with Gasteiger partial charge in [-0.05, 0) is 18.9 Å². The molecule has 0 aromatic rings. The molecule has 1 N–H and O–H groups in total. The summed E-state index contributed by atoms with van der Waals surface area (Å²) >= 11 is 0. The van der Waals surface area contributed by atoms with E-state index in [2.05, 4.69) is 19.2 Å². The smallest absolute Gasteiger partial charge is 0.239 e. The molecule has 3 heteroatoms. The van der Waals surface area contributed by atoms with Gasteiger partial charge in [0.2, 0.25) is 5.91 Å². The van der Waals surface area contributed by atoms with Crippen molar-refractivity contribution in [1.82, 2.24) is 10.2 Å². The van der Waals surface area contributed by atoms with Crippen LogP contribution in [0.2, 0.25) is 0 Å². The summed E-state index contributed by atoms with van der Waals surface area (Å²) < 4.78 is 0. The summed E-state index contributed by atoms with van der Waals surface area (Å²) in [5, 5.41) is 3.27. The Morgan fingerprint density at radius 2 is 2.25 bits per heavy atom. The Morgan fingerprint density at radius 3 is 2.83 bits per heavy atom. The third-order valence-corrected chi connectivity index (χ3v) is 2.34. The van der Waals surface area contributed by atoms with Crippen LogP contribution in [-0.4, -0.2) is 37.0 Å². The summed E-state index contributed by atoms with van der Waals surface area (Å²) in [5.74, 6) is 0.626. The van der Waals surface area contributed by atoms with Gasteiger partial charge in [-0.1, -0.05) is 13.8 Å². The molecule has 0 radical (unpaired) electrons. The monoisotopic (exact) mass is 170 g/mol. The lowest BCUT2D eigenvalue weighted by molar-refractivity contribution is -0.132. The number of likely N-dealkylation sites (N-methyl/N-ethyl adjacent to an activating group) is 1.